The smallest absolute Gasteiger partial charge is 0.0894 e. The van der Waals surface area contributed by atoms with E-state index in [1.54, 1.807) is 0 Å². The molecule has 0 bridgehead atoms. The first-order valence-corrected chi connectivity index (χ1v) is 8.08. The van der Waals surface area contributed by atoms with Crippen molar-refractivity contribution < 1.29 is 9.50 Å². The van der Waals surface area contributed by atoms with E-state index in [1.165, 1.54) is 70.6 Å². The predicted octanol–water partition coefficient (Wildman–Crippen LogP) is 5.41. The molecule has 1 nitrogen and oxygen atoms in total. The summed E-state index contributed by atoms with van der Waals surface area (Å²) in [6.07, 6.45) is 17.3. The Labute approximate surface area is 113 Å². The summed E-state index contributed by atoms with van der Waals surface area (Å²) in [5.41, 5.74) is 0. The molecule has 0 saturated carbocycles. The van der Waals surface area contributed by atoms with Crippen molar-refractivity contribution >= 4 is 0 Å². The molecule has 0 radical (unpaired) electrons. The van der Waals surface area contributed by atoms with Crippen LogP contribution in [0.4, 0.5) is 4.39 Å². The lowest BCUT2D eigenvalue weighted by atomic mass is 10.0. The van der Waals surface area contributed by atoms with Crippen LogP contribution >= 0.6 is 0 Å². The van der Waals surface area contributed by atoms with Gasteiger partial charge < -0.3 is 5.11 Å². The topological polar surface area (TPSA) is 20.2 Å². The highest BCUT2D eigenvalue weighted by atomic mass is 19.1. The molecule has 0 aliphatic heterocycles. The van der Waals surface area contributed by atoms with Crippen LogP contribution in [0.25, 0.3) is 0 Å². The van der Waals surface area contributed by atoms with E-state index in [9.17, 15) is 4.39 Å². The predicted molar refractivity (Wildman–Crippen MR) is 77.7 cm³/mol. The number of halogens is 1. The van der Waals surface area contributed by atoms with Crippen LogP contribution in [0.15, 0.2) is 0 Å². The number of hydrogen-bond donors (Lipinski definition) is 1. The molecule has 0 aliphatic carbocycles. The van der Waals surface area contributed by atoms with Gasteiger partial charge in [-0.2, -0.15) is 0 Å². The molecule has 0 amide bonds. The molecular weight excluding hydrogens is 227 g/mol. The number of rotatable bonds is 15. The minimum absolute atomic E-state index is 0.141. The molecule has 18 heavy (non-hydrogen) atoms. The van der Waals surface area contributed by atoms with Gasteiger partial charge >= 0.3 is 0 Å². The molecule has 0 unspecified atom stereocenters. The second-order valence-corrected chi connectivity index (χ2v) is 5.36. The zero-order valence-electron chi connectivity index (χ0n) is 12.1. The van der Waals surface area contributed by atoms with Crippen LogP contribution in [-0.2, 0) is 0 Å². The summed E-state index contributed by atoms with van der Waals surface area (Å²) in [6.45, 7) is 0.212. The van der Waals surface area contributed by atoms with Crippen molar-refractivity contribution in [1.29, 1.82) is 0 Å². The SMILES string of the molecule is OCCCCCCCCCCCCCCCCF. The molecule has 0 rings (SSSR count). The summed E-state index contributed by atoms with van der Waals surface area (Å²) in [6, 6.07) is 0. The van der Waals surface area contributed by atoms with Crippen LogP contribution in [0.3, 0.4) is 0 Å². The van der Waals surface area contributed by atoms with E-state index in [0.29, 0.717) is 6.61 Å². The Bertz CT molecular complexity index is 123. The third-order valence-electron chi connectivity index (χ3n) is 3.54. The fourth-order valence-corrected chi connectivity index (χ4v) is 2.33. The van der Waals surface area contributed by atoms with Crippen LogP contribution in [0.1, 0.15) is 89.9 Å². The molecule has 110 valence electrons. The van der Waals surface area contributed by atoms with Crippen LogP contribution in [-0.4, -0.2) is 18.4 Å². The van der Waals surface area contributed by atoms with Gasteiger partial charge in [0.05, 0.1) is 6.67 Å². The maximum Gasteiger partial charge on any atom is 0.0894 e. The third kappa shape index (κ3) is 15.9. The summed E-state index contributed by atoms with van der Waals surface area (Å²) in [4.78, 5) is 0. The average molecular weight is 260 g/mol. The van der Waals surface area contributed by atoms with Gasteiger partial charge in [0.1, 0.15) is 0 Å². The Morgan fingerprint density at radius 2 is 0.722 bits per heavy atom. The standard InChI is InChI=1S/C16H33FO/c17-15-13-11-9-7-5-3-1-2-4-6-8-10-12-14-16-18/h18H,1-16H2. The highest BCUT2D eigenvalue weighted by Crippen LogP contribution is 2.12. The molecular formula is C16H33FO. The van der Waals surface area contributed by atoms with Crippen molar-refractivity contribution in [2.24, 2.45) is 0 Å². The summed E-state index contributed by atoms with van der Waals surface area (Å²) in [5, 5.41) is 8.64. The van der Waals surface area contributed by atoms with E-state index in [4.69, 9.17) is 5.11 Å². The molecule has 0 aromatic carbocycles. The molecule has 0 heterocycles. The van der Waals surface area contributed by atoms with E-state index in [0.717, 1.165) is 19.3 Å². The average Bonchev–Trinajstić information content (AvgIpc) is 2.39. The van der Waals surface area contributed by atoms with E-state index in [2.05, 4.69) is 0 Å². The minimum atomic E-state index is -0.141. The molecule has 0 aromatic rings. The van der Waals surface area contributed by atoms with Crippen molar-refractivity contribution in [3.05, 3.63) is 0 Å². The number of unbranched alkanes of at least 4 members (excludes halogenated alkanes) is 13. The van der Waals surface area contributed by atoms with Gasteiger partial charge in [-0.1, -0.05) is 77.0 Å². The number of alkyl halides is 1. The molecule has 0 aliphatic rings. The van der Waals surface area contributed by atoms with Crippen LogP contribution in [0.2, 0.25) is 0 Å². The van der Waals surface area contributed by atoms with Crippen molar-refractivity contribution in [1.82, 2.24) is 0 Å². The van der Waals surface area contributed by atoms with Crippen molar-refractivity contribution in [2.75, 3.05) is 13.3 Å². The van der Waals surface area contributed by atoms with Crippen molar-refractivity contribution in [3.8, 4) is 0 Å². The highest BCUT2D eigenvalue weighted by Gasteiger charge is 1.94. The summed E-state index contributed by atoms with van der Waals surface area (Å²) in [7, 11) is 0. The van der Waals surface area contributed by atoms with Gasteiger partial charge in [0.15, 0.2) is 0 Å². The molecule has 0 saturated heterocycles. The Morgan fingerprint density at radius 3 is 1.00 bits per heavy atom. The maximum absolute atomic E-state index is 11.8. The van der Waals surface area contributed by atoms with Gasteiger partial charge in [-0.3, -0.25) is 4.39 Å². The monoisotopic (exact) mass is 260 g/mol. The first kappa shape index (κ1) is 17.9. The van der Waals surface area contributed by atoms with Crippen molar-refractivity contribution in [3.63, 3.8) is 0 Å². The number of aliphatic hydroxyl groups excluding tert-OH is 1. The fraction of sp³-hybridized carbons (Fsp3) is 1.00. The molecule has 0 spiro atoms. The van der Waals surface area contributed by atoms with E-state index >= 15 is 0 Å². The molecule has 1 N–H and O–H groups in total. The lowest BCUT2D eigenvalue weighted by Crippen LogP contribution is -1.85. The lowest BCUT2D eigenvalue weighted by Gasteiger charge is -2.02. The molecule has 0 aromatic heterocycles. The van der Waals surface area contributed by atoms with Gasteiger partial charge in [0.2, 0.25) is 0 Å². The number of aliphatic hydroxyl groups is 1. The zero-order valence-corrected chi connectivity index (χ0v) is 12.1. The summed E-state index contributed by atoms with van der Waals surface area (Å²) >= 11 is 0. The fourth-order valence-electron chi connectivity index (χ4n) is 2.33. The normalized spacial score (nSPS) is 11.0. The Balaban J connectivity index is 2.86. The second-order valence-electron chi connectivity index (χ2n) is 5.36. The summed E-state index contributed by atoms with van der Waals surface area (Å²) < 4.78 is 11.8. The van der Waals surface area contributed by atoms with E-state index in [-0.39, 0.29) is 6.67 Å². The maximum atomic E-state index is 11.8. The van der Waals surface area contributed by atoms with Crippen LogP contribution in [0.5, 0.6) is 0 Å². The minimum Gasteiger partial charge on any atom is -0.396 e. The van der Waals surface area contributed by atoms with Gasteiger partial charge in [0, 0.05) is 6.61 Å². The van der Waals surface area contributed by atoms with E-state index < -0.39 is 0 Å². The Hall–Kier alpha value is -0.110. The van der Waals surface area contributed by atoms with E-state index in [1.807, 2.05) is 0 Å². The van der Waals surface area contributed by atoms with Gasteiger partial charge in [-0.15, -0.1) is 0 Å². The molecule has 0 atom stereocenters. The second kappa shape index (κ2) is 16.9. The molecule has 2 heteroatoms. The highest BCUT2D eigenvalue weighted by molar-refractivity contribution is 4.49. The quantitative estimate of drug-likeness (QED) is 0.390. The zero-order chi connectivity index (χ0) is 13.3. The Kier molecular flexibility index (Phi) is 16.8. The lowest BCUT2D eigenvalue weighted by molar-refractivity contribution is 0.282. The van der Waals surface area contributed by atoms with Crippen LogP contribution < -0.4 is 0 Å². The van der Waals surface area contributed by atoms with Gasteiger partial charge in [-0.05, 0) is 12.8 Å². The first-order chi connectivity index (χ1) is 8.91. The Morgan fingerprint density at radius 1 is 0.444 bits per heavy atom. The largest absolute Gasteiger partial charge is 0.396 e. The van der Waals surface area contributed by atoms with Gasteiger partial charge in [0.25, 0.3) is 0 Å². The van der Waals surface area contributed by atoms with Crippen molar-refractivity contribution in [2.45, 2.75) is 89.9 Å². The number of hydrogen-bond acceptors (Lipinski definition) is 1. The third-order valence-corrected chi connectivity index (χ3v) is 3.54. The summed E-state index contributed by atoms with van der Waals surface area (Å²) in [5.74, 6) is 0. The molecule has 0 fully saturated rings. The first-order valence-electron chi connectivity index (χ1n) is 8.08. The van der Waals surface area contributed by atoms with Crippen LogP contribution in [0, 0.1) is 0 Å². The van der Waals surface area contributed by atoms with Gasteiger partial charge in [-0.25, -0.2) is 0 Å².